The van der Waals surface area contributed by atoms with Crippen LogP contribution in [0.25, 0.3) is 89.2 Å². The molecule has 5 nitrogen and oxygen atoms in total. The van der Waals surface area contributed by atoms with Gasteiger partial charge < -0.3 is 8.83 Å². The molecule has 0 spiro atoms. The molecule has 0 saturated carbocycles. The molecule has 0 N–H and O–H groups in total. The number of furan rings is 2. The van der Waals surface area contributed by atoms with E-state index in [9.17, 15) is 0 Å². The average molecular weight is 566 g/mol. The zero-order valence-corrected chi connectivity index (χ0v) is 23.4. The number of benzene rings is 6. The first-order chi connectivity index (χ1) is 21.8. The van der Waals surface area contributed by atoms with Crippen molar-refractivity contribution in [3.8, 4) is 45.3 Å². The van der Waals surface area contributed by atoms with Crippen molar-refractivity contribution in [2.75, 3.05) is 0 Å². The summed E-state index contributed by atoms with van der Waals surface area (Å²) in [5.41, 5.74) is 8.13. The fraction of sp³-hybridized carbons (Fsp3) is 0. The number of rotatable bonds is 4. The van der Waals surface area contributed by atoms with E-state index in [4.69, 9.17) is 23.8 Å². The second kappa shape index (κ2) is 9.75. The number of para-hydroxylation sites is 2. The summed E-state index contributed by atoms with van der Waals surface area (Å²) in [5.74, 6) is 1.84. The summed E-state index contributed by atoms with van der Waals surface area (Å²) in [6.07, 6.45) is 0. The molecule has 9 rings (SSSR count). The molecule has 0 aliphatic heterocycles. The van der Waals surface area contributed by atoms with Gasteiger partial charge in [0.1, 0.15) is 22.3 Å². The van der Waals surface area contributed by atoms with Gasteiger partial charge in [-0.05, 0) is 42.0 Å². The molecule has 0 unspecified atom stereocenters. The third-order valence-corrected chi connectivity index (χ3v) is 8.15. The third kappa shape index (κ3) is 3.91. The maximum atomic E-state index is 6.62. The molecule has 0 saturated heterocycles. The van der Waals surface area contributed by atoms with Crippen LogP contribution >= 0.6 is 0 Å². The first-order valence-corrected chi connectivity index (χ1v) is 14.5. The summed E-state index contributed by atoms with van der Waals surface area (Å²) in [7, 11) is 0. The van der Waals surface area contributed by atoms with Gasteiger partial charge in [-0.25, -0.2) is 15.0 Å². The van der Waals surface area contributed by atoms with Crippen LogP contribution in [-0.4, -0.2) is 15.0 Å². The van der Waals surface area contributed by atoms with Crippen LogP contribution < -0.4 is 0 Å². The van der Waals surface area contributed by atoms with Crippen LogP contribution in [0.2, 0.25) is 0 Å². The van der Waals surface area contributed by atoms with Gasteiger partial charge in [-0.15, -0.1) is 0 Å². The Morgan fingerprint density at radius 2 is 0.909 bits per heavy atom. The standard InChI is InChI=1S/C39H23N3O2/c1-3-11-24(12-4-1)37-40-38(25-13-5-2-6-14-25)42-39(41-37)30-21-20-27(36-35(30)29-16-8-10-18-33(29)44-36)26-19-22-34-31(23-26)28-15-7-9-17-32(28)43-34/h1-23H. The van der Waals surface area contributed by atoms with E-state index in [-0.39, 0.29) is 0 Å². The normalized spacial score (nSPS) is 11.6. The van der Waals surface area contributed by atoms with E-state index in [1.807, 2.05) is 103 Å². The highest BCUT2D eigenvalue weighted by atomic mass is 16.3. The maximum absolute atomic E-state index is 6.62. The quantitative estimate of drug-likeness (QED) is 0.212. The Balaban J connectivity index is 1.31. The lowest BCUT2D eigenvalue weighted by Gasteiger charge is -2.11. The van der Waals surface area contributed by atoms with E-state index in [0.717, 1.165) is 71.7 Å². The predicted octanol–water partition coefficient (Wildman–Crippen LogP) is 10.3. The molecule has 0 radical (unpaired) electrons. The van der Waals surface area contributed by atoms with E-state index in [1.165, 1.54) is 0 Å². The monoisotopic (exact) mass is 565 g/mol. The van der Waals surface area contributed by atoms with Gasteiger partial charge in [-0.3, -0.25) is 0 Å². The Bertz CT molecular complexity index is 2440. The lowest BCUT2D eigenvalue weighted by Crippen LogP contribution is -2.00. The second-order valence-corrected chi connectivity index (χ2v) is 10.8. The third-order valence-electron chi connectivity index (χ3n) is 8.15. The summed E-state index contributed by atoms with van der Waals surface area (Å²) in [4.78, 5) is 14.9. The van der Waals surface area contributed by atoms with Gasteiger partial charge in [0.15, 0.2) is 17.5 Å². The number of hydrogen-bond donors (Lipinski definition) is 0. The lowest BCUT2D eigenvalue weighted by molar-refractivity contribution is 0.668. The summed E-state index contributed by atoms with van der Waals surface area (Å²) < 4.78 is 12.7. The highest BCUT2D eigenvalue weighted by Gasteiger charge is 2.21. The van der Waals surface area contributed by atoms with Gasteiger partial charge in [-0.2, -0.15) is 0 Å². The minimum atomic E-state index is 0.595. The zero-order valence-electron chi connectivity index (χ0n) is 23.4. The first kappa shape index (κ1) is 24.5. The van der Waals surface area contributed by atoms with Crippen LogP contribution in [0, 0.1) is 0 Å². The van der Waals surface area contributed by atoms with Gasteiger partial charge in [0.05, 0.1) is 0 Å². The highest BCUT2D eigenvalue weighted by molar-refractivity contribution is 6.16. The van der Waals surface area contributed by atoms with Crippen molar-refractivity contribution < 1.29 is 8.83 Å². The number of nitrogens with zero attached hydrogens (tertiary/aromatic N) is 3. The first-order valence-electron chi connectivity index (χ1n) is 14.5. The van der Waals surface area contributed by atoms with Crippen molar-refractivity contribution in [3.05, 3.63) is 140 Å². The number of hydrogen-bond acceptors (Lipinski definition) is 5. The van der Waals surface area contributed by atoms with Gasteiger partial charge in [0.25, 0.3) is 0 Å². The van der Waals surface area contributed by atoms with E-state index in [1.54, 1.807) is 0 Å². The summed E-state index contributed by atoms with van der Waals surface area (Å²) >= 11 is 0. The van der Waals surface area contributed by atoms with Gasteiger partial charge in [0.2, 0.25) is 0 Å². The van der Waals surface area contributed by atoms with Crippen LogP contribution in [-0.2, 0) is 0 Å². The molecule has 0 fully saturated rings. The van der Waals surface area contributed by atoms with Crippen molar-refractivity contribution in [3.63, 3.8) is 0 Å². The Morgan fingerprint density at radius 1 is 0.364 bits per heavy atom. The Labute approximate surface area is 252 Å². The van der Waals surface area contributed by atoms with Crippen molar-refractivity contribution in [1.82, 2.24) is 15.0 Å². The molecule has 3 heterocycles. The SMILES string of the molecule is c1ccc(-c2nc(-c3ccccc3)nc(-c3ccc(-c4ccc5oc6ccccc6c5c4)c4oc5ccccc5c34)n2)cc1. The van der Waals surface area contributed by atoms with Gasteiger partial charge in [-0.1, -0.05) is 103 Å². The second-order valence-electron chi connectivity index (χ2n) is 10.8. The molecule has 0 amide bonds. The van der Waals surface area contributed by atoms with E-state index in [2.05, 4.69) is 36.4 Å². The van der Waals surface area contributed by atoms with Gasteiger partial charge >= 0.3 is 0 Å². The van der Waals surface area contributed by atoms with Crippen LogP contribution in [0.4, 0.5) is 0 Å². The molecule has 0 aliphatic carbocycles. The molecular formula is C39H23N3O2. The molecular weight excluding hydrogens is 542 g/mol. The smallest absolute Gasteiger partial charge is 0.164 e. The minimum Gasteiger partial charge on any atom is -0.456 e. The fourth-order valence-corrected chi connectivity index (χ4v) is 6.06. The Kier molecular flexibility index (Phi) is 5.43. The van der Waals surface area contributed by atoms with Crippen molar-refractivity contribution in [2.24, 2.45) is 0 Å². The maximum Gasteiger partial charge on any atom is 0.164 e. The molecule has 9 aromatic rings. The summed E-state index contributed by atoms with van der Waals surface area (Å²) in [6, 6.07) is 46.9. The van der Waals surface area contributed by atoms with Crippen LogP contribution in [0.5, 0.6) is 0 Å². The van der Waals surface area contributed by atoms with Crippen molar-refractivity contribution in [1.29, 1.82) is 0 Å². The molecule has 0 atom stereocenters. The van der Waals surface area contributed by atoms with Crippen molar-refractivity contribution >= 4 is 43.9 Å². The number of fused-ring (bicyclic) bond motifs is 6. The zero-order chi connectivity index (χ0) is 29.0. The van der Waals surface area contributed by atoms with Crippen LogP contribution in [0.1, 0.15) is 0 Å². The highest BCUT2D eigenvalue weighted by Crippen LogP contribution is 2.42. The Hall–Kier alpha value is -6.07. The molecule has 0 aliphatic rings. The van der Waals surface area contributed by atoms with Crippen LogP contribution in [0.3, 0.4) is 0 Å². The van der Waals surface area contributed by atoms with Gasteiger partial charge in [0, 0.05) is 43.8 Å². The fourth-order valence-electron chi connectivity index (χ4n) is 6.06. The molecule has 44 heavy (non-hydrogen) atoms. The average Bonchev–Trinajstić information content (AvgIpc) is 3.67. The van der Waals surface area contributed by atoms with E-state index < -0.39 is 0 Å². The Morgan fingerprint density at radius 3 is 1.61 bits per heavy atom. The largest absolute Gasteiger partial charge is 0.456 e. The molecule has 206 valence electrons. The van der Waals surface area contributed by atoms with E-state index in [0.29, 0.717) is 17.5 Å². The minimum absolute atomic E-state index is 0.595. The molecule has 0 bridgehead atoms. The van der Waals surface area contributed by atoms with Crippen LogP contribution in [0.15, 0.2) is 148 Å². The van der Waals surface area contributed by atoms with E-state index >= 15 is 0 Å². The topological polar surface area (TPSA) is 65.0 Å². The molecule has 6 aromatic carbocycles. The molecule has 5 heteroatoms. The lowest BCUT2D eigenvalue weighted by atomic mass is 9.97. The molecule has 3 aromatic heterocycles. The van der Waals surface area contributed by atoms with Crippen molar-refractivity contribution in [2.45, 2.75) is 0 Å². The number of aromatic nitrogens is 3. The predicted molar refractivity (Wildman–Crippen MR) is 176 cm³/mol. The summed E-state index contributed by atoms with van der Waals surface area (Å²) in [5, 5.41) is 4.15. The summed E-state index contributed by atoms with van der Waals surface area (Å²) in [6.45, 7) is 0.